The molecule has 2 bridgehead atoms. The first-order chi connectivity index (χ1) is 15.0. The summed E-state index contributed by atoms with van der Waals surface area (Å²) >= 11 is 0. The minimum atomic E-state index is -0.971. The molecule has 2 spiro atoms. The van der Waals surface area contributed by atoms with E-state index in [1.807, 2.05) is 20.8 Å². The van der Waals surface area contributed by atoms with Crippen LogP contribution in [0.2, 0.25) is 0 Å². The van der Waals surface area contributed by atoms with E-state index in [9.17, 15) is 19.2 Å². The molecule has 2 aliphatic heterocycles. The first-order valence-corrected chi connectivity index (χ1v) is 11.7. The third-order valence-electron chi connectivity index (χ3n) is 9.50. The summed E-state index contributed by atoms with van der Waals surface area (Å²) in [5.41, 5.74) is -2.39. The molecule has 5 rings (SSSR count). The summed E-state index contributed by atoms with van der Waals surface area (Å²) in [6, 6.07) is 0. The number of carbonyl (C=O) groups is 4. The van der Waals surface area contributed by atoms with E-state index in [4.69, 9.17) is 18.9 Å². The predicted octanol–water partition coefficient (Wildman–Crippen LogP) is 2.42. The average molecular weight is 449 g/mol. The largest absolute Gasteiger partial charge is 0.465 e. The van der Waals surface area contributed by atoms with Crippen LogP contribution in [0, 0.1) is 39.9 Å². The third kappa shape index (κ3) is 2.49. The molecule has 2 heterocycles. The molecule has 2 saturated heterocycles. The number of hydrogen-bond acceptors (Lipinski definition) is 8. The Hall–Kier alpha value is -2.12. The predicted molar refractivity (Wildman–Crippen MR) is 109 cm³/mol. The first-order valence-electron chi connectivity index (χ1n) is 11.7. The van der Waals surface area contributed by atoms with Crippen molar-refractivity contribution in [2.75, 3.05) is 6.61 Å². The quantitative estimate of drug-likeness (QED) is 0.468. The number of rotatable bonds is 2. The van der Waals surface area contributed by atoms with Gasteiger partial charge in [0.25, 0.3) is 0 Å². The summed E-state index contributed by atoms with van der Waals surface area (Å²) in [6.07, 6.45) is 0.838. The summed E-state index contributed by atoms with van der Waals surface area (Å²) in [7, 11) is 0. The molecule has 0 radical (unpaired) electrons. The van der Waals surface area contributed by atoms with Crippen LogP contribution in [0.5, 0.6) is 0 Å². The summed E-state index contributed by atoms with van der Waals surface area (Å²) in [4.78, 5) is 50.7. The van der Waals surface area contributed by atoms with Gasteiger partial charge in [-0.1, -0.05) is 20.8 Å². The molecule has 3 saturated carbocycles. The van der Waals surface area contributed by atoms with Crippen molar-refractivity contribution in [3.05, 3.63) is 0 Å². The highest BCUT2D eigenvalue weighted by molar-refractivity contribution is 5.84. The molecule has 0 amide bonds. The van der Waals surface area contributed by atoms with Crippen LogP contribution in [-0.2, 0) is 38.1 Å². The van der Waals surface area contributed by atoms with Gasteiger partial charge in [-0.3, -0.25) is 19.2 Å². The second kappa shape index (κ2) is 6.70. The number of hydrogen-bond donors (Lipinski definition) is 0. The molecule has 0 aromatic heterocycles. The van der Waals surface area contributed by atoms with Gasteiger partial charge < -0.3 is 18.9 Å². The van der Waals surface area contributed by atoms with Crippen molar-refractivity contribution >= 4 is 23.9 Å². The van der Waals surface area contributed by atoms with Crippen molar-refractivity contribution in [2.45, 2.75) is 78.6 Å². The van der Waals surface area contributed by atoms with Crippen molar-refractivity contribution in [1.82, 2.24) is 0 Å². The van der Waals surface area contributed by atoms with Gasteiger partial charge in [0.05, 0.1) is 11.3 Å². The molecule has 32 heavy (non-hydrogen) atoms. The van der Waals surface area contributed by atoms with E-state index in [-0.39, 0.29) is 36.3 Å². The lowest BCUT2D eigenvalue weighted by molar-refractivity contribution is -0.260. The second-order valence-electron chi connectivity index (χ2n) is 11.2. The van der Waals surface area contributed by atoms with Gasteiger partial charge in [0.2, 0.25) is 0 Å². The lowest BCUT2D eigenvalue weighted by atomic mass is 9.43. The van der Waals surface area contributed by atoms with E-state index >= 15 is 0 Å². The lowest BCUT2D eigenvalue weighted by Crippen LogP contribution is -2.71. The molecule has 0 aromatic carbocycles. The van der Waals surface area contributed by atoms with E-state index in [1.54, 1.807) is 0 Å². The van der Waals surface area contributed by atoms with Gasteiger partial charge in [0, 0.05) is 25.7 Å². The van der Waals surface area contributed by atoms with Gasteiger partial charge in [-0.05, 0) is 37.0 Å². The monoisotopic (exact) mass is 448 g/mol. The second-order valence-corrected chi connectivity index (χ2v) is 11.2. The molecule has 0 unspecified atom stereocenters. The maximum Gasteiger partial charge on any atom is 0.316 e. The van der Waals surface area contributed by atoms with Crippen molar-refractivity contribution < 1.29 is 38.1 Å². The molecule has 5 aliphatic rings. The normalized spacial score (nSPS) is 48.0. The van der Waals surface area contributed by atoms with Crippen molar-refractivity contribution in [2.24, 2.45) is 39.9 Å². The van der Waals surface area contributed by atoms with E-state index < -0.39 is 52.4 Å². The maximum absolute atomic E-state index is 13.7. The number of fused-ring (bicyclic) bond motifs is 1. The molecule has 176 valence electrons. The number of carbonyl (C=O) groups excluding carboxylic acids is 4. The Bertz CT molecular complexity index is 894. The molecule has 5 fully saturated rings. The van der Waals surface area contributed by atoms with Crippen LogP contribution < -0.4 is 0 Å². The highest BCUT2D eigenvalue weighted by atomic mass is 16.6. The molecule has 8 nitrogen and oxygen atoms in total. The van der Waals surface area contributed by atoms with Gasteiger partial charge >= 0.3 is 23.9 Å². The smallest absolute Gasteiger partial charge is 0.316 e. The van der Waals surface area contributed by atoms with Crippen molar-refractivity contribution in [1.29, 1.82) is 0 Å². The topological polar surface area (TPSA) is 105 Å². The van der Waals surface area contributed by atoms with Gasteiger partial charge in [-0.2, -0.15) is 0 Å². The van der Waals surface area contributed by atoms with Crippen LogP contribution in [0.15, 0.2) is 0 Å². The van der Waals surface area contributed by atoms with Gasteiger partial charge in [0.15, 0.2) is 0 Å². The lowest BCUT2D eigenvalue weighted by Gasteiger charge is -2.62. The van der Waals surface area contributed by atoms with E-state index in [1.165, 1.54) is 13.8 Å². The molecule has 9 atom stereocenters. The van der Waals surface area contributed by atoms with Gasteiger partial charge in [0.1, 0.15) is 30.3 Å². The third-order valence-corrected chi connectivity index (χ3v) is 9.50. The molecule has 0 aromatic rings. The summed E-state index contributed by atoms with van der Waals surface area (Å²) in [6.45, 7) is 8.80. The fourth-order valence-corrected chi connectivity index (χ4v) is 8.36. The molecule has 3 aliphatic carbocycles. The van der Waals surface area contributed by atoms with Gasteiger partial charge in [-0.15, -0.1) is 0 Å². The van der Waals surface area contributed by atoms with Crippen molar-refractivity contribution in [3.63, 3.8) is 0 Å². The minimum absolute atomic E-state index is 0.0336. The molecular weight excluding hydrogens is 416 g/mol. The Morgan fingerprint density at radius 3 is 2.41 bits per heavy atom. The zero-order valence-electron chi connectivity index (χ0n) is 19.3. The maximum atomic E-state index is 13.7. The summed E-state index contributed by atoms with van der Waals surface area (Å²) < 4.78 is 23.3. The highest BCUT2D eigenvalue weighted by Crippen LogP contribution is 2.72. The van der Waals surface area contributed by atoms with Crippen molar-refractivity contribution in [3.8, 4) is 0 Å². The number of ether oxygens (including phenoxy) is 4. The van der Waals surface area contributed by atoms with Crippen LogP contribution in [0.25, 0.3) is 0 Å². The number of cyclic esters (lactones) is 1. The van der Waals surface area contributed by atoms with E-state index in [0.717, 1.165) is 12.8 Å². The highest BCUT2D eigenvalue weighted by Gasteiger charge is 2.80. The van der Waals surface area contributed by atoms with Crippen LogP contribution in [-0.4, -0.2) is 48.8 Å². The Balaban J connectivity index is 1.65. The fraction of sp³-hybridized carbons (Fsp3) is 0.833. The summed E-state index contributed by atoms with van der Waals surface area (Å²) in [5.74, 6) is -2.02. The molecular formula is C24H32O8. The van der Waals surface area contributed by atoms with Crippen LogP contribution in [0.4, 0.5) is 0 Å². The standard InChI is InChI=1S/C24H32O8/c1-11-14-6-7-15-23(9-14,19(11)31-13(3)26)21(28)32-17-8-16(30-12(2)25)22(4,5)18-20(27)29-10-24(15,17)18/h11,14-19H,6-10H2,1-5H3/t11-,14-,15-,16+,17+,18-,19-,23+,24-/m1/s1. The van der Waals surface area contributed by atoms with E-state index in [0.29, 0.717) is 12.8 Å². The Labute approximate surface area is 187 Å². The average Bonchev–Trinajstić information content (AvgIpc) is 3.15. The Morgan fingerprint density at radius 2 is 1.75 bits per heavy atom. The molecule has 0 N–H and O–H groups in total. The Kier molecular flexibility index (Phi) is 4.55. The zero-order chi connectivity index (χ0) is 23.2. The molecule has 8 heteroatoms. The Morgan fingerprint density at radius 1 is 1.06 bits per heavy atom. The SMILES string of the molecule is CC(=O)O[C@H]1C[C@@H]2OC(=O)[C@@]34C[C@@H](CC[C@H]3[C@]23COC(=O)[C@@H]3C1(C)C)[C@@H](C)[C@H]4OC(C)=O. The fourth-order valence-electron chi connectivity index (χ4n) is 8.36. The summed E-state index contributed by atoms with van der Waals surface area (Å²) in [5, 5.41) is 0. The van der Waals surface area contributed by atoms with Crippen LogP contribution in [0.1, 0.15) is 60.3 Å². The zero-order valence-corrected chi connectivity index (χ0v) is 19.3. The van der Waals surface area contributed by atoms with Gasteiger partial charge in [-0.25, -0.2) is 0 Å². The van der Waals surface area contributed by atoms with Crippen LogP contribution >= 0.6 is 0 Å². The van der Waals surface area contributed by atoms with E-state index in [2.05, 4.69) is 0 Å². The first kappa shape index (κ1) is 21.7. The number of esters is 4. The van der Waals surface area contributed by atoms with Crippen LogP contribution in [0.3, 0.4) is 0 Å². The minimum Gasteiger partial charge on any atom is -0.465 e.